The Kier molecular flexibility index (Phi) is 4.25. The predicted molar refractivity (Wildman–Crippen MR) is 63.7 cm³/mol. The molecule has 1 heteroatoms. The van der Waals surface area contributed by atoms with Crippen LogP contribution in [0.3, 0.4) is 0 Å². The zero-order valence-electron chi connectivity index (χ0n) is 9.75. The zero-order chi connectivity index (χ0) is 10.5. The summed E-state index contributed by atoms with van der Waals surface area (Å²) in [4.78, 5) is 0. The number of rotatable bonds is 3. The maximum atomic E-state index is 10.1. The molecule has 86 valence electrons. The molecule has 0 radical (unpaired) electrons. The van der Waals surface area contributed by atoms with Crippen LogP contribution in [0.5, 0.6) is 0 Å². The normalized spacial score (nSPS) is 26.1. The molecule has 2 aliphatic rings. The van der Waals surface area contributed by atoms with Gasteiger partial charge in [-0.3, -0.25) is 0 Å². The smallest absolute Gasteiger partial charge is 0.0752 e. The van der Waals surface area contributed by atoms with Crippen LogP contribution < -0.4 is 0 Å². The van der Waals surface area contributed by atoms with Crippen LogP contribution in [-0.2, 0) is 0 Å². The van der Waals surface area contributed by atoms with E-state index in [-0.39, 0.29) is 6.10 Å². The molecule has 0 spiro atoms. The molecule has 0 aliphatic heterocycles. The van der Waals surface area contributed by atoms with Gasteiger partial charge in [-0.2, -0.15) is 0 Å². The van der Waals surface area contributed by atoms with E-state index in [4.69, 9.17) is 0 Å². The van der Waals surface area contributed by atoms with Gasteiger partial charge in [0.05, 0.1) is 6.10 Å². The van der Waals surface area contributed by atoms with Crippen molar-refractivity contribution in [2.24, 2.45) is 5.92 Å². The summed E-state index contributed by atoms with van der Waals surface area (Å²) < 4.78 is 0. The van der Waals surface area contributed by atoms with Gasteiger partial charge in [0.1, 0.15) is 0 Å². The summed E-state index contributed by atoms with van der Waals surface area (Å²) in [6.07, 6.45) is 15.1. The average Bonchev–Trinajstić information content (AvgIpc) is 2.65. The average molecular weight is 208 g/mol. The minimum absolute atomic E-state index is 0.115. The molecule has 0 aromatic rings. The zero-order valence-corrected chi connectivity index (χ0v) is 9.75. The van der Waals surface area contributed by atoms with E-state index in [1.165, 1.54) is 56.9 Å². The van der Waals surface area contributed by atoms with Crippen LogP contribution in [0.1, 0.15) is 64.2 Å². The van der Waals surface area contributed by atoms with Gasteiger partial charge in [-0.15, -0.1) is 0 Å². The van der Waals surface area contributed by atoms with Gasteiger partial charge < -0.3 is 5.11 Å². The van der Waals surface area contributed by atoms with Gasteiger partial charge in [0, 0.05) is 0 Å². The molecule has 15 heavy (non-hydrogen) atoms. The van der Waals surface area contributed by atoms with Crippen molar-refractivity contribution in [3.8, 4) is 0 Å². The minimum Gasteiger partial charge on any atom is -0.389 e. The van der Waals surface area contributed by atoms with Crippen LogP contribution >= 0.6 is 0 Å². The first-order valence-electron chi connectivity index (χ1n) is 6.73. The minimum atomic E-state index is -0.115. The van der Waals surface area contributed by atoms with E-state index < -0.39 is 0 Å². The number of hydrogen-bond donors (Lipinski definition) is 1. The Morgan fingerprint density at radius 1 is 1.13 bits per heavy atom. The molecular formula is C14H24O. The lowest BCUT2D eigenvalue weighted by atomic mass is 9.91. The van der Waals surface area contributed by atoms with Crippen LogP contribution in [0, 0.1) is 5.92 Å². The Hall–Kier alpha value is -0.300. The van der Waals surface area contributed by atoms with Crippen molar-refractivity contribution in [1.82, 2.24) is 0 Å². The lowest BCUT2D eigenvalue weighted by molar-refractivity contribution is 0.167. The lowest BCUT2D eigenvalue weighted by Gasteiger charge is -2.19. The second-order valence-corrected chi connectivity index (χ2v) is 5.28. The SMILES string of the molecule is OC(CC1CCCCCC1)C1=CCCC1. The van der Waals surface area contributed by atoms with Crippen LogP contribution in [0.2, 0.25) is 0 Å². The summed E-state index contributed by atoms with van der Waals surface area (Å²) >= 11 is 0. The predicted octanol–water partition coefficient (Wildman–Crippen LogP) is 3.82. The van der Waals surface area contributed by atoms with Gasteiger partial charge >= 0.3 is 0 Å². The van der Waals surface area contributed by atoms with Crippen LogP contribution in [0.15, 0.2) is 11.6 Å². The maximum Gasteiger partial charge on any atom is 0.0752 e. The van der Waals surface area contributed by atoms with Gasteiger partial charge in [-0.05, 0) is 37.2 Å². The van der Waals surface area contributed by atoms with Gasteiger partial charge in [-0.25, -0.2) is 0 Å². The monoisotopic (exact) mass is 208 g/mol. The molecule has 0 amide bonds. The number of aliphatic hydroxyl groups is 1. The summed E-state index contributed by atoms with van der Waals surface area (Å²) in [6, 6.07) is 0. The van der Waals surface area contributed by atoms with Crippen molar-refractivity contribution in [2.75, 3.05) is 0 Å². The van der Waals surface area contributed by atoms with E-state index in [0.29, 0.717) is 0 Å². The molecule has 1 saturated carbocycles. The number of aliphatic hydroxyl groups excluding tert-OH is 1. The van der Waals surface area contributed by atoms with Crippen molar-refractivity contribution in [3.63, 3.8) is 0 Å². The van der Waals surface area contributed by atoms with Gasteiger partial charge in [0.2, 0.25) is 0 Å². The van der Waals surface area contributed by atoms with Crippen LogP contribution in [-0.4, -0.2) is 11.2 Å². The van der Waals surface area contributed by atoms with Crippen molar-refractivity contribution in [1.29, 1.82) is 0 Å². The van der Waals surface area contributed by atoms with Gasteiger partial charge in [0.25, 0.3) is 0 Å². The highest BCUT2D eigenvalue weighted by Gasteiger charge is 2.20. The van der Waals surface area contributed by atoms with E-state index >= 15 is 0 Å². The van der Waals surface area contributed by atoms with E-state index in [1.807, 2.05) is 0 Å². The number of allylic oxidation sites excluding steroid dienone is 1. The van der Waals surface area contributed by atoms with E-state index in [1.54, 1.807) is 0 Å². The third kappa shape index (κ3) is 3.34. The highest BCUT2D eigenvalue weighted by molar-refractivity contribution is 5.12. The molecular weight excluding hydrogens is 184 g/mol. The third-order valence-electron chi connectivity index (χ3n) is 4.04. The molecule has 2 rings (SSSR count). The molecule has 1 fully saturated rings. The quantitative estimate of drug-likeness (QED) is 0.552. The highest BCUT2D eigenvalue weighted by atomic mass is 16.3. The fraction of sp³-hybridized carbons (Fsp3) is 0.857. The Labute approximate surface area is 93.6 Å². The van der Waals surface area contributed by atoms with Gasteiger partial charge in [0.15, 0.2) is 0 Å². The summed E-state index contributed by atoms with van der Waals surface area (Å²) in [5.74, 6) is 0.795. The molecule has 1 N–H and O–H groups in total. The Morgan fingerprint density at radius 3 is 2.47 bits per heavy atom. The summed E-state index contributed by atoms with van der Waals surface area (Å²) in [7, 11) is 0. The summed E-state index contributed by atoms with van der Waals surface area (Å²) in [5, 5.41) is 10.1. The van der Waals surface area contributed by atoms with Crippen molar-refractivity contribution >= 4 is 0 Å². The molecule has 0 saturated heterocycles. The Morgan fingerprint density at radius 2 is 1.87 bits per heavy atom. The lowest BCUT2D eigenvalue weighted by Crippen LogP contribution is -2.15. The first-order chi connectivity index (χ1) is 7.36. The summed E-state index contributed by atoms with van der Waals surface area (Å²) in [5.41, 5.74) is 1.33. The molecule has 0 aromatic carbocycles. The second-order valence-electron chi connectivity index (χ2n) is 5.28. The molecule has 1 unspecified atom stereocenters. The standard InChI is InChI=1S/C14H24O/c15-14(13-9-5-6-10-13)11-12-7-3-1-2-4-8-12/h9,12,14-15H,1-8,10-11H2. The van der Waals surface area contributed by atoms with Crippen molar-refractivity contribution in [3.05, 3.63) is 11.6 Å². The first kappa shape index (κ1) is 11.2. The molecule has 1 atom stereocenters. The molecule has 0 heterocycles. The maximum absolute atomic E-state index is 10.1. The second kappa shape index (κ2) is 5.69. The molecule has 0 aromatic heterocycles. The fourth-order valence-corrected chi connectivity index (χ4v) is 3.07. The summed E-state index contributed by atoms with van der Waals surface area (Å²) in [6.45, 7) is 0. The molecule has 1 nitrogen and oxygen atoms in total. The molecule has 2 aliphatic carbocycles. The van der Waals surface area contributed by atoms with E-state index in [2.05, 4.69) is 6.08 Å². The first-order valence-corrected chi connectivity index (χ1v) is 6.73. The van der Waals surface area contributed by atoms with Crippen molar-refractivity contribution in [2.45, 2.75) is 70.3 Å². The Bertz CT molecular complexity index is 211. The largest absolute Gasteiger partial charge is 0.389 e. The fourth-order valence-electron chi connectivity index (χ4n) is 3.07. The van der Waals surface area contributed by atoms with Gasteiger partial charge in [-0.1, -0.05) is 44.6 Å². The van der Waals surface area contributed by atoms with Crippen molar-refractivity contribution < 1.29 is 5.11 Å². The van der Waals surface area contributed by atoms with Crippen LogP contribution in [0.4, 0.5) is 0 Å². The van der Waals surface area contributed by atoms with E-state index in [9.17, 15) is 5.11 Å². The number of hydrogen-bond acceptors (Lipinski definition) is 1. The van der Waals surface area contributed by atoms with E-state index in [0.717, 1.165) is 18.8 Å². The topological polar surface area (TPSA) is 20.2 Å². The third-order valence-corrected chi connectivity index (χ3v) is 4.04. The Balaban J connectivity index is 1.78. The molecule has 0 bridgehead atoms. The highest BCUT2D eigenvalue weighted by Crippen LogP contribution is 2.30. The van der Waals surface area contributed by atoms with Crippen LogP contribution in [0.25, 0.3) is 0 Å².